The van der Waals surface area contributed by atoms with E-state index in [2.05, 4.69) is 21.2 Å². The number of urea groups is 1. The molecular formula is C12H12N4O2. The van der Waals surface area contributed by atoms with Crippen molar-refractivity contribution in [2.24, 2.45) is 0 Å². The third-order valence-corrected chi connectivity index (χ3v) is 2.16. The van der Waals surface area contributed by atoms with Gasteiger partial charge in [0.1, 0.15) is 5.69 Å². The van der Waals surface area contributed by atoms with Crippen molar-refractivity contribution in [1.82, 2.24) is 15.8 Å². The van der Waals surface area contributed by atoms with Crippen LogP contribution in [-0.2, 0) is 0 Å². The number of carbonyl (C=O) groups excluding carboxylic acids is 2. The molecule has 0 aliphatic rings. The molecule has 18 heavy (non-hydrogen) atoms. The fraction of sp³-hybridized carbons (Fsp3) is 0. The average Bonchev–Trinajstić information content (AvgIpc) is 2.91. The fourth-order valence-corrected chi connectivity index (χ4v) is 1.34. The normalized spacial score (nSPS) is 9.56. The van der Waals surface area contributed by atoms with E-state index in [9.17, 15) is 9.59 Å². The van der Waals surface area contributed by atoms with Crippen molar-refractivity contribution in [2.75, 3.05) is 5.32 Å². The first kappa shape index (κ1) is 11.7. The maximum atomic E-state index is 11.5. The van der Waals surface area contributed by atoms with Gasteiger partial charge in [0.15, 0.2) is 0 Å². The summed E-state index contributed by atoms with van der Waals surface area (Å²) in [5, 5.41) is 2.57. The highest BCUT2D eigenvalue weighted by Gasteiger charge is 2.07. The smallest absolute Gasteiger partial charge is 0.337 e. The van der Waals surface area contributed by atoms with Gasteiger partial charge in [-0.25, -0.2) is 10.2 Å². The summed E-state index contributed by atoms with van der Waals surface area (Å²) in [6.07, 6.45) is 1.62. The van der Waals surface area contributed by atoms with Gasteiger partial charge in [-0.3, -0.25) is 10.2 Å². The van der Waals surface area contributed by atoms with Crippen molar-refractivity contribution >= 4 is 17.6 Å². The lowest BCUT2D eigenvalue weighted by molar-refractivity contribution is 0.0933. The first-order valence-electron chi connectivity index (χ1n) is 5.31. The van der Waals surface area contributed by atoms with Crippen LogP contribution in [-0.4, -0.2) is 16.9 Å². The number of hydrazine groups is 1. The Morgan fingerprint density at radius 1 is 0.944 bits per heavy atom. The van der Waals surface area contributed by atoms with E-state index in [1.807, 2.05) is 6.07 Å². The molecule has 0 saturated carbocycles. The molecule has 0 unspecified atom stereocenters. The van der Waals surface area contributed by atoms with Gasteiger partial charge >= 0.3 is 6.03 Å². The van der Waals surface area contributed by atoms with Crippen LogP contribution < -0.4 is 16.2 Å². The van der Waals surface area contributed by atoms with Crippen molar-refractivity contribution < 1.29 is 9.59 Å². The van der Waals surface area contributed by atoms with Crippen LogP contribution in [0.25, 0.3) is 0 Å². The Hall–Kier alpha value is -2.76. The van der Waals surface area contributed by atoms with Crippen LogP contribution in [0.5, 0.6) is 0 Å². The van der Waals surface area contributed by atoms with Crippen LogP contribution in [0.2, 0.25) is 0 Å². The summed E-state index contributed by atoms with van der Waals surface area (Å²) in [5.41, 5.74) is 5.54. The highest BCUT2D eigenvalue weighted by molar-refractivity contribution is 5.95. The lowest BCUT2D eigenvalue weighted by Gasteiger charge is -2.08. The Balaban J connectivity index is 1.80. The summed E-state index contributed by atoms with van der Waals surface area (Å²) in [7, 11) is 0. The van der Waals surface area contributed by atoms with Crippen molar-refractivity contribution in [3.05, 3.63) is 54.4 Å². The predicted molar refractivity (Wildman–Crippen MR) is 66.9 cm³/mol. The zero-order chi connectivity index (χ0) is 12.8. The summed E-state index contributed by atoms with van der Waals surface area (Å²) >= 11 is 0. The molecule has 0 fully saturated rings. The van der Waals surface area contributed by atoms with E-state index in [0.717, 1.165) is 0 Å². The van der Waals surface area contributed by atoms with E-state index >= 15 is 0 Å². The van der Waals surface area contributed by atoms with Gasteiger partial charge in [-0.05, 0) is 24.3 Å². The van der Waals surface area contributed by atoms with Crippen LogP contribution >= 0.6 is 0 Å². The molecule has 0 bridgehead atoms. The molecule has 1 aromatic carbocycles. The second-order valence-corrected chi connectivity index (χ2v) is 3.48. The van der Waals surface area contributed by atoms with Crippen LogP contribution in [0.1, 0.15) is 10.5 Å². The molecule has 6 heteroatoms. The minimum absolute atomic E-state index is 0.370. The summed E-state index contributed by atoms with van der Waals surface area (Å²) in [6, 6.07) is 11.7. The maximum Gasteiger partial charge on any atom is 0.337 e. The van der Waals surface area contributed by atoms with E-state index in [4.69, 9.17) is 0 Å². The van der Waals surface area contributed by atoms with E-state index in [1.165, 1.54) is 0 Å². The van der Waals surface area contributed by atoms with Crippen molar-refractivity contribution in [3.8, 4) is 0 Å². The number of benzene rings is 1. The number of hydrogen-bond acceptors (Lipinski definition) is 2. The molecule has 1 heterocycles. The van der Waals surface area contributed by atoms with Crippen LogP contribution in [0, 0.1) is 0 Å². The highest BCUT2D eigenvalue weighted by atomic mass is 16.2. The van der Waals surface area contributed by atoms with Crippen molar-refractivity contribution in [3.63, 3.8) is 0 Å². The zero-order valence-corrected chi connectivity index (χ0v) is 9.44. The number of carbonyl (C=O) groups is 2. The Kier molecular flexibility index (Phi) is 3.60. The molecule has 0 atom stereocenters. The zero-order valence-electron chi connectivity index (χ0n) is 9.44. The predicted octanol–water partition coefficient (Wildman–Crippen LogP) is 1.48. The third-order valence-electron chi connectivity index (χ3n) is 2.16. The minimum Gasteiger partial charge on any atom is -0.357 e. The molecule has 0 aliphatic carbocycles. The number of H-pyrrole nitrogens is 1. The van der Waals surface area contributed by atoms with Gasteiger partial charge in [0.2, 0.25) is 0 Å². The lowest BCUT2D eigenvalue weighted by Crippen LogP contribution is -2.44. The number of aromatic nitrogens is 1. The number of anilines is 1. The Morgan fingerprint density at radius 3 is 2.39 bits per heavy atom. The van der Waals surface area contributed by atoms with Gasteiger partial charge in [0.05, 0.1) is 0 Å². The van der Waals surface area contributed by atoms with Crippen molar-refractivity contribution in [1.29, 1.82) is 0 Å². The minimum atomic E-state index is -0.513. The molecule has 1 aromatic heterocycles. The van der Waals surface area contributed by atoms with Gasteiger partial charge in [0.25, 0.3) is 5.91 Å². The first-order valence-corrected chi connectivity index (χ1v) is 5.31. The second kappa shape index (κ2) is 5.53. The average molecular weight is 244 g/mol. The van der Waals surface area contributed by atoms with Gasteiger partial charge in [-0.15, -0.1) is 0 Å². The first-order chi connectivity index (χ1) is 8.75. The number of amides is 3. The molecule has 6 nitrogen and oxygen atoms in total. The molecule has 0 spiro atoms. The number of nitrogens with one attached hydrogen (secondary N) is 4. The van der Waals surface area contributed by atoms with Crippen molar-refractivity contribution in [2.45, 2.75) is 0 Å². The number of para-hydroxylation sites is 1. The molecule has 4 N–H and O–H groups in total. The molecule has 0 radical (unpaired) electrons. The van der Waals surface area contributed by atoms with Gasteiger partial charge in [0, 0.05) is 11.9 Å². The summed E-state index contributed by atoms with van der Waals surface area (Å²) in [4.78, 5) is 25.6. The Labute approximate surface area is 103 Å². The van der Waals surface area contributed by atoms with E-state index in [1.54, 1.807) is 42.6 Å². The SMILES string of the molecule is O=C(NNC(=O)c1ccc[nH]1)Nc1ccccc1. The quantitative estimate of drug-likeness (QED) is 0.603. The molecule has 2 aromatic rings. The molecular weight excluding hydrogens is 232 g/mol. The van der Waals surface area contributed by atoms with E-state index < -0.39 is 11.9 Å². The van der Waals surface area contributed by atoms with E-state index in [0.29, 0.717) is 11.4 Å². The lowest BCUT2D eigenvalue weighted by atomic mass is 10.3. The summed E-state index contributed by atoms with van der Waals surface area (Å²) in [6.45, 7) is 0. The topological polar surface area (TPSA) is 86.0 Å². The van der Waals surface area contributed by atoms with Crippen LogP contribution in [0.15, 0.2) is 48.7 Å². The molecule has 92 valence electrons. The fourth-order valence-electron chi connectivity index (χ4n) is 1.34. The van der Waals surface area contributed by atoms with E-state index in [-0.39, 0.29) is 0 Å². The molecule has 0 aliphatic heterocycles. The third kappa shape index (κ3) is 3.11. The largest absolute Gasteiger partial charge is 0.357 e. The van der Waals surface area contributed by atoms with Crippen LogP contribution in [0.3, 0.4) is 0 Å². The number of hydrogen-bond donors (Lipinski definition) is 4. The van der Waals surface area contributed by atoms with Crippen LogP contribution in [0.4, 0.5) is 10.5 Å². The maximum absolute atomic E-state index is 11.5. The second-order valence-electron chi connectivity index (χ2n) is 3.48. The number of aromatic amines is 1. The summed E-state index contributed by atoms with van der Waals surface area (Å²) in [5.74, 6) is -0.414. The number of rotatable bonds is 2. The van der Waals surface area contributed by atoms with Gasteiger partial charge < -0.3 is 10.3 Å². The standard InChI is InChI=1S/C12H12N4O2/c17-11(10-7-4-8-13-10)15-16-12(18)14-9-5-2-1-3-6-9/h1-8,13H,(H,15,17)(H2,14,16,18). The molecule has 3 amide bonds. The molecule has 2 rings (SSSR count). The Morgan fingerprint density at radius 2 is 1.72 bits per heavy atom. The highest BCUT2D eigenvalue weighted by Crippen LogP contribution is 2.03. The monoisotopic (exact) mass is 244 g/mol. The van der Waals surface area contributed by atoms with Gasteiger partial charge in [-0.2, -0.15) is 0 Å². The van der Waals surface area contributed by atoms with Gasteiger partial charge in [-0.1, -0.05) is 18.2 Å². The summed E-state index contributed by atoms with van der Waals surface area (Å²) < 4.78 is 0. The Bertz CT molecular complexity index is 522. The molecule has 0 saturated heterocycles.